The van der Waals surface area contributed by atoms with E-state index in [2.05, 4.69) is 14.5 Å². The summed E-state index contributed by atoms with van der Waals surface area (Å²) < 4.78 is 19.5. The number of rotatable bonds is 7. The van der Waals surface area contributed by atoms with Crippen molar-refractivity contribution in [1.29, 1.82) is 0 Å². The monoisotopic (exact) mass is 478 g/mol. The molecule has 6 rings (SSSR count). The molecule has 5 aromatic rings. The Kier molecular flexibility index (Phi) is 5.65. The number of hydrogen-bond donors (Lipinski definition) is 1. The number of aromatic nitrogens is 3. The maximum atomic E-state index is 6.26. The SMILES string of the molecule is COc1ccc(COc2cccc(Oc3ccc(-n4c5c(c6ncnc(N)c64)CCC5)cc3)c2)cc1. The molecule has 2 N–H and O–H groups in total. The van der Waals surface area contributed by atoms with Crippen molar-refractivity contribution in [2.75, 3.05) is 12.8 Å². The minimum absolute atomic E-state index is 0.462. The van der Waals surface area contributed by atoms with Crippen LogP contribution in [-0.4, -0.2) is 21.6 Å². The Morgan fingerprint density at radius 2 is 1.64 bits per heavy atom. The Bertz CT molecular complexity index is 1530. The minimum Gasteiger partial charge on any atom is -0.497 e. The quantitative estimate of drug-likeness (QED) is 0.315. The van der Waals surface area contributed by atoms with Gasteiger partial charge in [-0.15, -0.1) is 0 Å². The van der Waals surface area contributed by atoms with Gasteiger partial charge in [-0.05, 0) is 78.9 Å². The number of nitrogen functional groups attached to an aromatic ring is 1. The van der Waals surface area contributed by atoms with Crippen LogP contribution in [0.2, 0.25) is 0 Å². The second-order valence-electron chi connectivity index (χ2n) is 8.78. The van der Waals surface area contributed by atoms with E-state index in [0.717, 1.165) is 58.8 Å². The van der Waals surface area contributed by atoms with Crippen molar-refractivity contribution in [3.8, 4) is 28.7 Å². The fourth-order valence-electron chi connectivity index (χ4n) is 4.80. The molecule has 0 saturated heterocycles. The number of nitrogens with zero attached hydrogens (tertiary/aromatic N) is 3. The molecule has 0 spiro atoms. The normalized spacial score (nSPS) is 12.5. The fourth-order valence-corrected chi connectivity index (χ4v) is 4.80. The molecule has 0 fully saturated rings. The van der Waals surface area contributed by atoms with Crippen molar-refractivity contribution in [3.63, 3.8) is 0 Å². The highest BCUT2D eigenvalue weighted by Gasteiger charge is 2.25. The number of aryl methyl sites for hydroxylation is 1. The zero-order chi connectivity index (χ0) is 24.5. The maximum absolute atomic E-state index is 6.26. The molecule has 7 nitrogen and oxygen atoms in total. The van der Waals surface area contributed by atoms with Crippen LogP contribution in [0, 0.1) is 0 Å². The molecular formula is C29H26N4O3. The van der Waals surface area contributed by atoms with E-state index in [-0.39, 0.29) is 0 Å². The van der Waals surface area contributed by atoms with Gasteiger partial charge in [0.25, 0.3) is 0 Å². The first-order valence-electron chi connectivity index (χ1n) is 12.0. The van der Waals surface area contributed by atoms with E-state index in [4.69, 9.17) is 19.9 Å². The van der Waals surface area contributed by atoms with Crippen LogP contribution in [0.5, 0.6) is 23.0 Å². The Morgan fingerprint density at radius 3 is 2.44 bits per heavy atom. The predicted octanol–water partition coefficient (Wildman–Crippen LogP) is 5.87. The molecule has 1 aliphatic carbocycles. The molecule has 0 aliphatic heterocycles. The van der Waals surface area contributed by atoms with Gasteiger partial charge in [-0.3, -0.25) is 0 Å². The highest BCUT2D eigenvalue weighted by atomic mass is 16.5. The molecule has 36 heavy (non-hydrogen) atoms. The predicted molar refractivity (Wildman–Crippen MR) is 139 cm³/mol. The first kappa shape index (κ1) is 22.0. The van der Waals surface area contributed by atoms with Gasteiger partial charge < -0.3 is 24.5 Å². The summed E-state index contributed by atoms with van der Waals surface area (Å²) in [6.45, 7) is 0.462. The van der Waals surface area contributed by atoms with Gasteiger partial charge in [-0.2, -0.15) is 0 Å². The lowest BCUT2D eigenvalue weighted by Gasteiger charge is -2.12. The molecule has 0 unspecified atom stereocenters. The summed E-state index contributed by atoms with van der Waals surface area (Å²) in [5.74, 6) is 3.51. The molecule has 0 radical (unpaired) electrons. The molecule has 7 heteroatoms. The third kappa shape index (κ3) is 4.09. The lowest BCUT2D eigenvalue weighted by Crippen LogP contribution is -2.02. The van der Waals surface area contributed by atoms with Crippen LogP contribution in [0.4, 0.5) is 5.82 Å². The van der Waals surface area contributed by atoms with Crippen LogP contribution in [0.15, 0.2) is 79.1 Å². The number of benzene rings is 3. The largest absolute Gasteiger partial charge is 0.497 e. The summed E-state index contributed by atoms with van der Waals surface area (Å²) in [7, 11) is 1.66. The van der Waals surface area contributed by atoms with E-state index in [1.807, 2.05) is 72.8 Å². The van der Waals surface area contributed by atoms with E-state index in [9.17, 15) is 0 Å². The van der Waals surface area contributed by atoms with Crippen molar-refractivity contribution < 1.29 is 14.2 Å². The average Bonchev–Trinajstić information content (AvgIpc) is 3.51. The van der Waals surface area contributed by atoms with Crippen LogP contribution in [0.3, 0.4) is 0 Å². The summed E-state index contributed by atoms with van der Waals surface area (Å²) in [4.78, 5) is 8.76. The Hall–Kier alpha value is -4.52. The number of hydrogen-bond acceptors (Lipinski definition) is 6. The van der Waals surface area contributed by atoms with E-state index in [1.165, 1.54) is 11.3 Å². The molecule has 2 aromatic heterocycles. The van der Waals surface area contributed by atoms with Crippen LogP contribution >= 0.6 is 0 Å². The van der Waals surface area contributed by atoms with Gasteiger partial charge in [-0.1, -0.05) is 18.2 Å². The topological polar surface area (TPSA) is 84.4 Å². The van der Waals surface area contributed by atoms with Crippen LogP contribution in [0.1, 0.15) is 23.2 Å². The second-order valence-corrected chi connectivity index (χ2v) is 8.78. The molecule has 0 saturated carbocycles. The van der Waals surface area contributed by atoms with E-state index in [0.29, 0.717) is 18.2 Å². The van der Waals surface area contributed by atoms with Crippen molar-refractivity contribution in [3.05, 3.63) is 95.9 Å². The Balaban J connectivity index is 1.19. The van der Waals surface area contributed by atoms with Gasteiger partial charge in [0.1, 0.15) is 41.4 Å². The molecule has 0 bridgehead atoms. The van der Waals surface area contributed by atoms with Gasteiger partial charge in [0, 0.05) is 17.4 Å². The number of anilines is 1. The third-order valence-corrected chi connectivity index (χ3v) is 6.52. The third-order valence-electron chi connectivity index (χ3n) is 6.52. The summed E-state index contributed by atoms with van der Waals surface area (Å²) in [6.07, 6.45) is 4.70. The smallest absolute Gasteiger partial charge is 0.151 e. The summed E-state index contributed by atoms with van der Waals surface area (Å²) in [5, 5.41) is 0. The lowest BCUT2D eigenvalue weighted by atomic mass is 10.2. The molecule has 1 aliphatic rings. The van der Waals surface area contributed by atoms with Crippen molar-refractivity contribution in [2.24, 2.45) is 0 Å². The zero-order valence-corrected chi connectivity index (χ0v) is 20.0. The van der Waals surface area contributed by atoms with Gasteiger partial charge in [0.15, 0.2) is 5.82 Å². The van der Waals surface area contributed by atoms with E-state index < -0.39 is 0 Å². The maximum Gasteiger partial charge on any atom is 0.151 e. The summed E-state index contributed by atoms with van der Waals surface area (Å²) >= 11 is 0. The van der Waals surface area contributed by atoms with Crippen molar-refractivity contribution in [1.82, 2.24) is 14.5 Å². The molecule has 0 amide bonds. The summed E-state index contributed by atoms with van der Waals surface area (Å²) in [5.41, 5.74) is 12.7. The molecule has 180 valence electrons. The Labute approximate surface area is 209 Å². The first-order valence-corrected chi connectivity index (χ1v) is 12.0. The average molecular weight is 479 g/mol. The van der Waals surface area contributed by atoms with E-state index >= 15 is 0 Å². The van der Waals surface area contributed by atoms with Crippen LogP contribution < -0.4 is 19.9 Å². The van der Waals surface area contributed by atoms with Crippen molar-refractivity contribution >= 4 is 16.9 Å². The summed E-state index contributed by atoms with van der Waals surface area (Å²) in [6, 6.07) is 23.5. The standard InChI is InChI=1S/C29H26N4O3/c1-34-21-12-8-19(9-13-21)17-35-23-4-2-5-24(16-23)36-22-14-10-20(11-15-22)33-26-7-3-6-25(26)27-28(33)29(30)32-18-31-27/h2,4-5,8-16,18H,3,6-7,17H2,1H3,(H2,30,31,32). The molecule has 0 atom stereocenters. The number of nitrogens with two attached hydrogens (primary N) is 1. The van der Waals surface area contributed by atoms with Gasteiger partial charge in [0.2, 0.25) is 0 Å². The van der Waals surface area contributed by atoms with Crippen molar-refractivity contribution in [2.45, 2.75) is 25.9 Å². The first-order chi connectivity index (χ1) is 17.7. The number of methoxy groups -OCH3 is 1. The molecule has 3 aromatic carbocycles. The highest BCUT2D eigenvalue weighted by molar-refractivity contribution is 5.91. The van der Waals surface area contributed by atoms with Gasteiger partial charge in [-0.25, -0.2) is 9.97 Å². The van der Waals surface area contributed by atoms with Crippen LogP contribution in [-0.2, 0) is 19.4 Å². The van der Waals surface area contributed by atoms with E-state index in [1.54, 1.807) is 13.4 Å². The zero-order valence-electron chi connectivity index (χ0n) is 20.0. The lowest BCUT2D eigenvalue weighted by molar-refractivity contribution is 0.304. The van der Waals surface area contributed by atoms with Crippen LogP contribution in [0.25, 0.3) is 16.7 Å². The fraction of sp³-hybridized carbons (Fsp3) is 0.172. The highest BCUT2D eigenvalue weighted by Crippen LogP contribution is 2.36. The number of ether oxygens (including phenoxy) is 3. The Morgan fingerprint density at radius 1 is 0.861 bits per heavy atom. The molecule has 2 heterocycles. The second kappa shape index (κ2) is 9.26. The van der Waals surface area contributed by atoms with Gasteiger partial charge in [0.05, 0.1) is 12.6 Å². The van der Waals surface area contributed by atoms with Gasteiger partial charge >= 0.3 is 0 Å². The minimum atomic E-state index is 0.462. The molecular weight excluding hydrogens is 452 g/mol. The number of fused-ring (bicyclic) bond motifs is 3.